The summed E-state index contributed by atoms with van der Waals surface area (Å²) in [6.07, 6.45) is 9.22. The number of benzene rings is 1. The SMILES string of the molecule is CCN(C(=O)/C=C/c1ccc(OCC(N)=O)c(OC)c1)C1CCCCC1. The third-order valence-electron chi connectivity index (χ3n) is 4.62. The van der Waals surface area contributed by atoms with Crippen molar-refractivity contribution in [1.29, 1.82) is 0 Å². The molecule has 2 amide bonds. The molecule has 1 aliphatic carbocycles. The summed E-state index contributed by atoms with van der Waals surface area (Å²) in [4.78, 5) is 25.4. The van der Waals surface area contributed by atoms with E-state index < -0.39 is 5.91 Å². The molecular formula is C20H28N2O4. The molecule has 0 heterocycles. The van der Waals surface area contributed by atoms with Crippen LogP contribution in [-0.2, 0) is 9.59 Å². The Morgan fingerprint density at radius 2 is 1.96 bits per heavy atom. The van der Waals surface area contributed by atoms with Crippen molar-refractivity contribution in [2.75, 3.05) is 20.3 Å². The van der Waals surface area contributed by atoms with Gasteiger partial charge in [0.15, 0.2) is 18.1 Å². The lowest BCUT2D eigenvalue weighted by Crippen LogP contribution is -2.40. The van der Waals surface area contributed by atoms with E-state index in [0.717, 1.165) is 24.9 Å². The molecule has 0 spiro atoms. The number of carbonyl (C=O) groups excluding carboxylic acids is 2. The predicted octanol–water partition coefficient (Wildman–Crippen LogP) is 2.75. The molecule has 6 nitrogen and oxygen atoms in total. The molecule has 0 saturated heterocycles. The van der Waals surface area contributed by atoms with Gasteiger partial charge < -0.3 is 20.1 Å². The summed E-state index contributed by atoms with van der Waals surface area (Å²) >= 11 is 0. The van der Waals surface area contributed by atoms with Crippen LogP contribution < -0.4 is 15.2 Å². The van der Waals surface area contributed by atoms with E-state index >= 15 is 0 Å². The van der Waals surface area contributed by atoms with Crippen LogP contribution >= 0.6 is 0 Å². The number of carbonyl (C=O) groups is 2. The molecule has 26 heavy (non-hydrogen) atoms. The summed E-state index contributed by atoms with van der Waals surface area (Å²) in [5.41, 5.74) is 5.91. The maximum absolute atomic E-state index is 12.6. The number of methoxy groups -OCH3 is 1. The highest BCUT2D eigenvalue weighted by Gasteiger charge is 2.22. The van der Waals surface area contributed by atoms with Crippen molar-refractivity contribution in [3.05, 3.63) is 29.8 Å². The Bertz CT molecular complexity index is 651. The second kappa shape index (κ2) is 9.85. The molecule has 2 rings (SSSR count). The van der Waals surface area contributed by atoms with Crippen molar-refractivity contribution in [3.63, 3.8) is 0 Å². The largest absolute Gasteiger partial charge is 0.493 e. The highest BCUT2D eigenvalue weighted by Crippen LogP contribution is 2.28. The van der Waals surface area contributed by atoms with Gasteiger partial charge in [0.25, 0.3) is 5.91 Å². The van der Waals surface area contributed by atoms with Crippen LogP contribution in [0, 0.1) is 0 Å². The topological polar surface area (TPSA) is 81.9 Å². The molecule has 1 fully saturated rings. The smallest absolute Gasteiger partial charge is 0.255 e. The maximum Gasteiger partial charge on any atom is 0.255 e. The zero-order valence-corrected chi connectivity index (χ0v) is 15.6. The number of ether oxygens (including phenoxy) is 2. The van der Waals surface area contributed by atoms with E-state index in [9.17, 15) is 9.59 Å². The lowest BCUT2D eigenvalue weighted by atomic mass is 9.94. The van der Waals surface area contributed by atoms with E-state index in [1.54, 1.807) is 30.4 Å². The van der Waals surface area contributed by atoms with E-state index in [2.05, 4.69) is 0 Å². The van der Waals surface area contributed by atoms with Crippen LogP contribution in [0.1, 0.15) is 44.6 Å². The minimum absolute atomic E-state index is 0.0346. The molecule has 2 N–H and O–H groups in total. The Balaban J connectivity index is 2.05. The highest BCUT2D eigenvalue weighted by atomic mass is 16.5. The summed E-state index contributed by atoms with van der Waals surface area (Å²) in [5, 5.41) is 0. The highest BCUT2D eigenvalue weighted by molar-refractivity contribution is 5.92. The van der Waals surface area contributed by atoms with Crippen LogP contribution in [0.25, 0.3) is 6.08 Å². The Hall–Kier alpha value is -2.50. The van der Waals surface area contributed by atoms with E-state index in [4.69, 9.17) is 15.2 Å². The predicted molar refractivity (Wildman–Crippen MR) is 101 cm³/mol. The van der Waals surface area contributed by atoms with E-state index in [-0.39, 0.29) is 12.5 Å². The third kappa shape index (κ3) is 5.51. The van der Waals surface area contributed by atoms with Gasteiger partial charge in [0, 0.05) is 18.7 Å². The molecular weight excluding hydrogens is 332 g/mol. The Morgan fingerprint density at radius 1 is 1.23 bits per heavy atom. The minimum atomic E-state index is -0.552. The summed E-state index contributed by atoms with van der Waals surface area (Å²) in [5.74, 6) is 0.407. The number of nitrogens with two attached hydrogens (primary N) is 1. The van der Waals surface area contributed by atoms with Crippen molar-refractivity contribution < 1.29 is 19.1 Å². The number of hydrogen-bond donors (Lipinski definition) is 1. The van der Waals surface area contributed by atoms with Crippen LogP contribution in [0.3, 0.4) is 0 Å². The van der Waals surface area contributed by atoms with Crippen LogP contribution in [0.5, 0.6) is 11.5 Å². The standard InChI is InChI=1S/C20H28N2O4/c1-3-22(16-7-5-4-6-8-16)20(24)12-10-15-9-11-17(18(13-15)25-2)26-14-19(21)23/h9-13,16H,3-8,14H2,1-2H3,(H2,21,23)/b12-10+. The number of primary amides is 1. The first-order chi connectivity index (χ1) is 12.5. The summed E-state index contributed by atoms with van der Waals surface area (Å²) in [6, 6.07) is 5.62. The second-order valence-corrected chi connectivity index (χ2v) is 6.41. The summed E-state index contributed by atoms with van der Waals surface area (Å²) < 4.78 is 10.6. The van der Waals surface area contributed by atoms with Crippen LogP contribution in [-0.4, -0.2) is 43.0 Å². The first kappa shape index (κ1) is 19.8. The first-order valence-electron chi connectivity index (χ1n) is 9.13. The molecule has 142 valence electrons. The average molecular weight is 360 g/mol. The normalized spacial score (nSPS) is 15.0. The zero-order valence-electron chi connectivity index (χ0n) is 15.6. The van der Waals surface area contributed by atoms with E-state index in [1.807, 2.05) is 11.8 Å². The quantitative estimate of drug-likeness (QED) is 0.723. The molecule has 0 atom stereocenters. The van der Waals surface area contributed by atoms with Crippen molar-refractivity contribution in [2.24, 2.45) is 5.73 Å². The monoisotopic (exact) mass is 360 g/mol. The fraction of sp³-hybridized carbons (Fsp3) is 0.500. The van der Waals surface area contributed by atoms with Gasteiger partial charge in [-0.05, 0) is 43.5 Å². The van der Waals surface area contributed by atoms with Crippen LogP contribution in [0.2, 0.25) is 0 Å². The lowest BCUT2D eigenvalue weighted by molar-refractivity contribution is -0.128. The fourth-order valence-electron chi connectivity index (χ4n) is 3.31. The first-order valence-corrected chi connectivity index (χ1v) is 9.13. The Kier molecular flexibility index (Phi) is 7.51. The van der Waals surface area contributed by atoms with E-state index in [1.165, 1.54) is 26.4 Å². The van der Waals surface area contributed by atoms with Gasteiger partial charge in [-0.1, -0.05) is 25.3 Å². The van der Waals surface area contributed by atoms with Gasteiger partial charge in [0.1, 0.15) is 0 Å². The number of hydrogen-bond acceptors (Lipinski definition) is 4. The molecule has 0 radical (unpaired) electrons. The number of amides is 2. The minimum Gasteiger partial charge on any atom is -0.493 e. The van der Waals surface area contributed by atoms with Crippen molar-refractivity contribution in [2.45, 2.75) is 45.1 Å². The molecule has 1 aromatic rings. The van der Waals surface area contributed by atoms with Gasteiger partial charge >= 0.3 is 0 Å². The molecule has 0 unspecified atom stereocenters. The number of rotatable bonds is 8. The molecule has 1 aliphatic rings. The Morgan fingerprint density at radius 3 is 2.58 bits per heavy atom. The molecule has 6 heteroatoms. The van der Waals surface area contributed by atoms with Crippen molar-refractivity contribution in [3.8, 4) is 11.5 Å². The zero-order chi connectivity index (χ0) is 18.9. The fourth-order valence-corrected chi connectivity index (χ4v) is 3.31. The maximum atomic E-state index is 12.6. The second-order valence-electron chi connectivity index (χ2n) is 6.41. The lowest BCUT2D eigenvalue weighted by Gasteiger charge is -2.32. The van der Waals surface area contributed by atoms with Crippen LogP contribution in [0.4, 0.5) is 0 Å². The van der Waals surface area contributed by atoms with Gasteiger partial charge in [0.2, 0.25) is 5.91 Å². The summed E-state index contributed by atoms with van der Waals surface area (Å²) in [6.45, 7) is 2.53. The van der Waals surface area contributed by atoms with E-state index in [0.29, 0.717) is 17.5 Å². The van der Waals surface area contributed by atoms with Gasteiger partial charge in [-0.15, -0.1) is 0 Å². The Labute approximate surface area is 154 Å². The van der Waals surface area contributed by atoms with Gasteiger partial charge in [-0.25, -0.2) is 0 Å². The molecule has 0 bridgehead atoms. The van der Waals surface area contributed by atoms with Gasteiger partial charge in [-0.3, -0.25) is 9.59 Å². The van der Waals surface area contributed by atoms with Crippen molar-refractivity contribution in [1.82, 2.24) is 4.90 Å². The average Bonchev–Trinajstić information content (AvgIpc) is 2.66. The molecule has 0 aliphatic heterocycles. The number of nitrogens with zero attached hydrogens (tertiary/aromatic N) is 1. The molecule has 0 aromatic heterocycles. The summed E-state index contributed by atoms with van der Waals surface area (Å²) in [7, 11) is 1.52. The third-order valence-corrected chi connectivity index (χ3v) is 4.62. The van der Waals surface area contributed by atoms with Gasteiger partial charge in [-0.2, -0.15) is 0 Å². The molecule has 1 saturated carbocycles. The van der Waals surface area contributed by atoms with Crippen LogP contribution in [0.15, 0.2) is 24.3 Å². The molecule has 1 aromatic carbocycles. The van der Waals surface area contributed by atoms with Crippen molar-refractivity contribution >= 4 is 17.9 Å². The van der Waals surface area contributed by atoms with Gasteiger partial charge in [0.05, 0.1) is 7.11 Å². The number of likely N-dealkylation sites (N-methyl/N-ethyl adjacent to an activating group) is 1.